The van der Waals surface area contributed by atoms with Gasteiger partial charge in [-0.1, -0.05) is 6.07 Å². The zero-order chi connectivity index (χ0) is 22.5. The number of fused-ring (bicyclic) bond motifs is 6. The van der Waals surface area contributed by atoms with Crippen molar-refractivity contribution in [1.29, 1.82) is 0 Å². The van der Waals surface area contributed by atoms with E-state index >= 15 is 0 Å². The number of phenols is 2. The molecule has 0 bridgehead atoms. The van der Waals surface area contributed by atoms with Crippen molar-refractivity contribution in [3.63, 3.8) is 0 Å². The van der Waals surface area contributed by atoms with E-state index in [2.05, 4.69) is 23.3 Å². The molecule has 4 N–H and O–H groups in total. The van der Waals surface area contributed by atoms with E-state index in [-0.39, 0.29) is 11.5 Å². The number of hydrogen-bond donors (Lipinski definition) is 5. The Morgan fingerprint density at radius 3 is 2.22 bits per heavy atom. The number of ether oxygens (including phenoxy) is 2. The van der Waals surface area contributed by atoms with Gasteiger partial charge in [0.1, 0.15) is 23.0 Å². The van der Waals surface area contributed by atoms with E-state index in [0.717, 1.165) is 0 Å². The quantitative estimate of drug-likeness (QED) is 0.225. The van der Waals surface area contributed by atoms with Crippen molar-refractivity contribution < 1.29 is 24.5 Å². The van der Waals surface area contributed by atoms with Gasteiger partial charge in [-0.25, -0.2) is 4.79 Å². The molecule has 0 saturated carbocycles. The van der Waals surface area contributed by atoms with Crippen molar-refractivity contribution in [3.05, 3.63) is 76.9 Å². The Morgan fingerprint density at radius 1 is 0.969 bits per heavy atom. The van der Waals surface area contributed by atoms with Crippen molar-refractivity contribution in [2.75, 3.05) is 17.6 Å². The van der Waals surface area contributed by atoms with E-state index in [9.17, 15) is 15.0 Å². The molecule has 0 radical (unpaired) electrons. The summed E-state index contributed by atoms with van der Waals surface area (Å²) in [6.45, 7) is 0.609. The molecule has 3 aromatic carbocycles. The first-order valence-corrected chi connectivity index (χ1v) is 10.8. The standard InChI is InChI=1S/C23H18N2O5S2/c26-13-2-5-17-19(10-13)29-20-11-14(27)3-6-18(20)23(17)16-4-1-12(9-15(16)21(28)30-23)25-22(32)24-7-8-31/h1-6,9-11,26-27,31H,7-8H2,(H2,24,25,32). The molecule has 0 unspecified atom stereocenters. The topological polar surface area (TPSA) is 100 Å². The number of rotatable bonds is 3. The van der Waals surface area contributed by atoms with Gasteiger partial charge in [-0.3, -0.25) is 0 Å². The van der Waals surface area contributed by atoms with Crippen LogP contribution in [0.25, 0.3) is 0 Å². The first-order valence-electron chi connectivity index (χ1n) is 9.81. The number of phenolic OH excluding ortho intramolecular Hbond substituents is 2. The molecular formula is C23H18N2O5S2. The Kier molecular flexibility index (Phi) is 4.87. The molecule has 0 aromatic heterocycles. The Balaban J connectivity index is 1.66. The van der Waals surface area contributed by atoms with Gasteiger partial charge in [0.15, 0.2) is 10.7 Å². The number of aromatic hydroxyl groups is 2. The van der Waals surface area contributed by atoms with Crippen LogP contribution in [0.2, 0.25) is 0 Å². The fourth-order valence-corrected chi connectivity index (χ4v) is 4.46. The average molecular weight is 467 g/mol. The summed E-state index contributed by atoms with van der Waals surface area (Å²) in [6.07, 6.45) is 0. The van der Waals surface area contributed by atoms with E-state index in [4.69, 9.17) is 21.7 Å². The van der Waals surface area contributed by atoms with Crippen LogP contribution < -0.4 is 15.4 Å². The normalized spacial score (nSPS) is 14.6. The third-order valence-electron chi connectivity index (χ3n) is 5.43. The van der Waals surface area contributed by atoms with E-state index in [1.165, 1.54) is 24.3 Å². The maximum absolute atomic E-state index is 13.1. The predicted molar refractivity (Wildman–Crippen MR) is 126 cm³/mol. The largest absolute Gasteiger partial charge is 0.508 e. The minimum absolute atomic E-state index is 0.00817. The van der Waals surface area contributed by atoms with Crippen LogP contribution in [0.5, 0.6) is 23.0 Å². The molecule has 5 rings (SSSR count). The highest BCUT2D eigenvalue weighted by Gasteiger charge is 2.53. The molecule has 2 aliphatic heterocycles. The van der Waals surface area contributed by atoms with Gasteiger partial charge < -0.3 is 30.3 Å². The van der Waals surface area contributed by atoms with Gasteiger partial charge in [0.05, 0.1) is 5.56 Å². The fourth-order valence-electron chi connectivity index (χ4n) is 4.13. The van der Waals surface area contributed by atoms with Crippen molar-refractivity contribution in [1.82, 2.24) is 5.32 Å². The van der Waals surface area contributed by atoms with Crippen LogP contribution >= 0.6 is 24.8 Å². The molecule has 2 heterocycles. The molecule has 32 heavy (non-hydrogen) atoms. The number of carbonyl (C=O) groups is 1. The molecule has 162 valence electrons. The summed E-state index contributed by atoms with van der Waals surface area (Å²) in [7, 11) is 0. The highest BCUT2D eigenvalue weighted by atomic mass is 32.1. The molecular weight excluding hydrogens is 448 g/mol. The minimum Gasteiger partial charge on any atom is -0.508 e. The number of nitrogens with one attached hydrogen (secondary N) is 2. The van der Waals surface area contributed by atoms with Crippen molar-refractivity contribution in [3.8, 4) is 23.0 Å². The third-order valence-corrected chi connectivity index (χ3v) is 5.90. The summed E-state index contributed by atoms with van der Waals surface area (Å²) in [5, 5.41) is 26.5. The number of benzene rings is 3. The highest BCUT2D eigenvalue weighted by Crippen LogP contribution is 2.57. The summed E-state index contributed by atoms with van der Waals surface area (Å²) in [6, 6.07) is 14.6. The van der Waals surface area contributed by atoms with Crippen LogP contribution in [0.15, 0.2) is 54.6 Å². The van der Waals surface area contributed by atoms with Crippen LogP contribution in [0.3, 0.4) is 0 Å². The van der Waals surface area contributed by atoms with Crippen LogP contribution in [-0.4, -0.2) is 33.6 Å². The average Bonchev–Trinajstić information content (AvgIpc) is 3.04. The first kappa shape index (κ1) is 20.5. The Bertz CT molecular complexity index is 1230. The summed E-state index contributed by atoms with van der Waals surface area (Å²) >= 11 is 9.42. The maximum Gasteiger partial charge on any atom is 0.340 e. The zero-order valence-electron chi connectivity index (χ0n) is 16.6. The van der Waals surface area contributed by atoms with Crippen molar-refractivity contribution in [2.24, 2.45) is 0 Å². The second-order valence-electron chi connectivity index (χ2n) is 7.40. The monoisotopic (exact) mass is 466 g/mol. The van der Waals surface area contributed by atoms with Crippen LogP contribution in [0.4, 0.5) is 5.69 Å². The molecule has 0 amide bonds. The summed E-state index contributed by atoms with van der Waals surface area (Å²) < 4.78 is 12.0. The number of esters is 1. The third kappa shape index (κ3) is 3.12. The van der Waals surface area contributed by atoms with Crippen LogP contribution in [0.1, 0.15) is 27.0 Å². The van der Waals surface area contributed by atoms with Crippen LogP contribution in [-0.2, 0) is 10.3 Å². The van der Waals surface area contributed by atoms with Crippen LogP contribution in [0, 0.1) is 0 Å². The lowest BCUT2D eigenvalue weighted by Crippen LogP contribution is -2.33. The second kappa shape index (κ2) is 7.61. The van der Waals surface area contributed by atoms with E-state index < -0.39 is 11.6 Å². The fraction of sp³-hybridized carbons (Fsp3) is 0.130. The first-order chi connectivity index (χ1) is 15.4. The molecule has 0 aliphatic carbocycles. The van der Waals surface area contributed by atoms with Gasteiger partial charge in [-0.15, -0.1) is 0 Å². The van der Waals surface area contributed by atoms with Gasteiger partial charge in [0, 0.05) is 46.8 Å². The van der Waals surface area contributed by atoms with E-state index in [0.29, 0.717) is 56.9 Å². The SMILES string of the molecule is O=C1OC2(c3ccc(O)cc3Oc3cc(O)ccc32)c2ccc(NC(=S)NCCS)cc21. The summed E-state index contributed by atoms with van der Waals surface area (Å²) in [5.74, 6) is 0.819. The van der Waals surface area contributed by atoms with Crippen molar-refractivity contribution >= 4 is 41.6 Å². The van der Waals surface area contributed by atoms with Gasteiger partial charge in [0.25, 0.3) is 0 Å². The lowest BCUT2D eigenvalue weighted by atomic mass is 9.77. The molecule has 9 heteroatoms. The molecule has 1 spiro atoms. The molecule has 0 atom stereocenters. The van der Waals surface area contributed by atoms with E-state index in [1.807, 2.05) is 12.1 Å². The van der Waals surface area contributed by atoms with Crippen molar-refractivity contribution in [2.45, 2.75) is 5.60 Å². The van der Waals surface area contributed by atoms with Gasteiger partial charge in [-0.2, -0.15) is 12.6 Å². The number of anilines is 1. The number of carbonyl (C=O) groups excluding carboxylic acids is 1. The van der Waals surface area contributed by atoms with Gasteiger partial charge in [0.2, 0.25) is 0 Å². The number of thiol groups is 1. The summed E-state index contributed by atoms with van der Waals surface area (Å²) in [4.78, 5) is 13.1. The highest BCUT2D eigenvalue weighted by molar-refractivity contribution is 7.80. The molecule has 0 saturated heterocycles. The predicted octanol–water partition coefficient (Wildman–Crippen LogP) is 3.88. The zero-order valence-corrected chi connectivity index (χ0v) is 18.3. The summed E-state index contributed by atoms with van der Waals surface area (Å²) in [5.41, 5.74) is 1.52. The number of thiocarbonyl (C=S) groups is 1. The Morgan fingerprint density at radius 2 is 1.59 bits per heavy atom. The second-order valence-corrected chi connectivity index (χ2v) is 8.25. The smallest absolute Gasteiger partial charge is 0.340 e. The molecule has 7 nitrogen and oxygen atoms in total. The minimum atomic E-state index is -1.28. The Hall–Kier alpha value is -3.43. The maximum atomic E-state index is 13.1. The van der Waals surface area contributed by atoms with Gasteiger partial charge in [-0.05, 0) is 48.6 Å². The molecule has 2 aliphatic rings. The Labute approximate surface area is 194 Å². The van der Waals surface area contributed by atoms with E-state index in [1.54, 1.807) is 18.2 Å². The van der Waals surface area contributed by atoms with Gasteiger partial charge >= 0.3 is 5.97 Å². The lowest BCUT2D eigenvalue weighted by Gasteiger charge is -2.36. The molecule has 0 fully saturated rings. The number of hydrogen-bond acceptors (Lipinski definition) is 7. The lowest BCUT2D eigenvalue weighted by molar-refractivity contribution is 0.0224. The molecule has 3 aromatic rings.